The molecule has 5 nitrogen and oxygen atoms in total. The van der Waals surface area contributed by atoms with E-state index in [-0.39, 0.29) is 22.7 Å². The fourth-order valence-electron chi connectivity index (χ4n) is 2.61. The molecule has 0 saturated heterocycles. The molecule has 0 aromatic heterocycles. The highest BCUT2D eigenvalue weighted by Gasteiger charge is 2.32. The highest BCUT2D eigenvalue weighted by Crippen LogP contribution is 2.35. The Morgan fingerprint density at radius 1 is 1.23 bits per heavy atom. The van der Waals surface area contributed by atoms with E-state index in [4.69, 9.17) is 9.29 Å². The zero-order chi connectivity index (χ0) is 17.1. The molecule has 0 radical (unpaired) electrons. The first-order chi connectivity index (χ1) is 9.99. The summed E-state index contributed by atoms with van der Waals surface area (Å²) < 4.78 is 35.9. The lowest BCUT2D eigenvalue weighted by Gasteiger charge is -2.29. The molecular weight excluding hydrogens is 304 g/mol. The SMILES string of the molecule is COC(=O)C(C)(C)CC(C)C(C)c1ccc(S(=O)(=O)O)cc1. The fraction of sp³-hybridized carbons (Fsp3) is 0.562. The third kappa shape index (κ3) is 4.55. The smallest absolute Gasteiger partial charge is 0.311 e. The van der Waals surface area contributed by atoms with Crippen LogP contribution in [0.1, 0.15) is 45.6 Å². The predicted octanol–water partition coefficient (Wildman–Crippen LogP) is 3.26. The summed E-state index contributed by atoms with van der Waals surface area (Å²) in [4.78, 5) is 11.6. The van der Waals surface area contributed by atoms with Gasteiger partial charge in [0.25, 0.3) is 10.1 Å². The standard InChI is InChI=1S/C16H24O5S/c1-11(10-16(3,4)15(17)21-5)12(2)13-6-8-14(9-7-13)22(18,19)20/h6-9,11-12H,10H2,1-5H3,(H,18,19,20). The van der Waals surface area contributed by atoms with Crippen molar-refractivity contribution in [1.82, 2.24) is 0 Å². The zero-order valence-electron chi connectivity index (χ0n) is 13.7. The molecule has 2 unspecified atom stereocenters. The van der Waals surface area contributed by atoms with Gasteiger partial charge in [0.15, 0.2) is 0 Å². The number of rotatable bonds is 6. The average Bonchev–Trinajstić information content (AvgIpc) is 2.44. The quantitative estimate of drug-likeness (QED) is 0.640. The Morgan fingerprint density at radius 2 is 1.73 bits per heavy atom. The minimum atomic E-state index is -4.17. The molecule has 1 N–H and O–H groups in total. The van der Waals surface area contributed by atoms with Crippen LogP contribution in [-0.2, 0) is 19.6 Å². The summed E-state index contributed by atoms with van der Waals surface area (Å²) in [5, 5.41) is 0. The van der Waals surface area contributed by atoms with Crippen LogP contribution in [0, 0.1) is 11.3 Å². The van der Waals surface area contributed by atoms with Crippen LogP contribution < -0.4 is 0 Å². The number of hydrogen-bond acceptors (Lipinski definition) is 4. The van der Waals surface area contributed by atoms with Gasteiger partial charge in [0, 0.05) is 0 Å². The molecular formula is C16H24O5S. The van der Waals surface area contributed by atoms with Gasteiger partial charge >= 0.3 is 5.97 Å². The van der Waals surface area contributed by atoms with Crippen molar-refractivity contribution in [3.63, 3.8) is 0 Å². The number of methoxy groups -OCH3 is 1. The van der Waals surface area contributed by atoms with Crippen molar-refractivity contribution < 1.29 is 22.5 Å². The average molecular weight is 328 g/mol. The van der Waals surface area contributed by atoms with E-state index in [2.05, 4.69) is 0 Å². The summed E-state index contributed by atoms with van der Waals surface area (Å²) in [6.07, 6.45) is 0.654. The van der Waals surface area contributed by atoms with Crippen molar-refractivity contribution in [2.45, 2.75) is 44.9 Å². The lowest BCUT2D eigenvalue weighted by atomic mass is 9.77. The summed E-state index contributed by atoms with van der Waals surface area (Å²) in [6.45, 7) is 7.78. The monoisotopic (exact) mass is 328 g/mol. The van der Waals surface area contributed by atoms with Gasteiger partial charge < -0.3 is 4.74 Å². The number of ether oxygens (including phenoxy) is 1. The Morgan fingerprint density at radius 3 is 2.14 bits per heavy atom. The maximum atomic E-state index is 11.8. The Labute approximate surface area is 132 Å². The van der Waals surface area contributed by atoms with Crippen LogP contribution in [0.5, 0.6) is 0 Å². The Hall–Kier alpha value is -1.40. The van der Waals surface area contributed by atoms with E-state index in [1.54, 1.807) is 12.1 Å². The third-order valence-electron chi connectivity index (χ3n) is 4.13. The Kier molecular flexibility index (Phi) is 5.76. The second-order valence-electron chi connectivity index (χ2n) is 6.39. The van der Waals surface area contributed by atoms with E-state index in [1.807, 2.05) is 27.7 Å². The van der Waals surface area contributed by atoms with Crippen LogP contribution >= 0.6 is 0 Å². The number of carbonyl (C=O) groups excluding carboxylic acids is 1. The summed E-state index contributed by atoms with van der Waals surface area (Å²) >= 11 is 0. The minimum absolute atomic E-state index is 0.119. The zero-order valence-corrected chi connectivity index (χ0v) is 14.5. The third-order valence-corrected chi connectivity index (χ3v) is 5.00. The molecule has 0 aliphatic heterocycles. The number of hydrogen-bond donors (Lipinski definition) is 1. The molecule has 1 rings (SSSR count). The molecule has 0 saturated carbocycles. The van der Waals surface area contributed by atoms with E-state index >= 15 is 0 Å². The summed E-state index contributed by atoms with van der Waals surface area (Å²) in [7, 11) is -2.79. The van der Waals surface area contributed by atoms with E-state index in [1.165, 1.54) is 19.2 Å². The highest BCUT2D eigenvalue weighted by atomic mass is 32.2. The number of carbonyl (C=O) groups is 1. The first-order valence-electron chi connectivity index (χ1n) is 7.15. The molecule has 0 bridgehead atoms. The Balaban J connectivity index is 2.87. The summed E-state index contributed by atoms with van der Waals surface area (Å²) in [5.74, 6) is 0.0957. The molecule has 2 atom stereocenters. The van der Waals surface area contributed by atoms with Crippen molar-refractivity contribution in [2.24, 2.45) is 11.3 Å². The van der Waals surface area contributed by atoms with Crippen molar-refractivity contribution in [3.05, 3.63) is 29.8 Å². The van der Waals surface area contributed by atoms with Gasteiger partial charge in [-0.05, 0) is 49.8 Å². The first-order valence-corrected chi connectivity index (χ1v) is 8.59. The van der Waals surface area contributed by atoms with Gasteiger partial charge in [-0.25, -0.2) is 0 Å². The molecule has 0 heterocycles. The molecule has 0 fully saturated rings. The van der Waals surface area contributed by atoms with Gasteiger partial charge in [-0.1, -0.05) is 26.0 Å². The lowest BCUT2D eigenvalue weighted by molar-refractivity contribution is -0.151. The molecule has 22 heavy (non-hydrogen) atoms. The molecule has 0 aliphatic rings. The number of esters is 1. The summed E-state index contributed by atoms with van der Waals surface area (Å²) in [5.41, 5.74) is 0.386. The topological polar surface area (TPSA) is 80.7 Å². The van der Waals surface area contributed by atoms with Gasteiger partial charge in [0.1, 0.15) is 0 Å². The van der Waals surface area contributed by atoms with Crippen LogP contribution in [0.2, 0.25) is 0 Å². The van der Waals surface area contributed by atoms with Crippen LogP contribution in [0.25, 0.3) is 0 Å². The van der Waals surface area contributed by atoms with E-state index in [9.17, 15) is 13.2 Å². The molecule has 1 aromatic rings. The van der Waals surface area contributed by atoms with Gasteiger partial charge in [0.2, 0.25) is 0 Å². The molecule has 6 heteroatoms. The van der Waals surface area contributed by atoms with E-state index < -0.39 is 15.5 Å². The first kappa shape index (κ1) is 18.6. The minimum Gasteiger partial charge on any atom is -0.469 e. The van der Waals surface area contributed by atoms with E-state index in [0.717, 1.165) is 5.56 Å². The summed E-state index contributed by atoms with van der Waals surface area (Å²) in [6, 6.07) is 6.16. The van der Waals surface area contributed by atoms with Crippen molar-refractivity contribution >= 4 is 16.1 Å². The highest BCUT2D eigenvalue weighted by molar-refractivity contribution is 7.85. The second-order valence-corrected chi connectivity index (χ2v) is 7.81. The van der Waals surface area contributed by atoms with Crippen molar-refractivity contribution in [2.75, 3.05) is 7.11 Å². The lowest BCUT2D eigenvalue weighted by Crippen LogP contribution is -2.29. The van der Waals surface area contributed by atoms with Crippen LogP contribution in [0.15, 0.2) is 29.2 Å². The largest absolute Gasteiger partial charge is 0.469 e. The number of benzene rings is 1. The van der Waals surface area contributed by atoms with Crippen LogP contribution in [0.4, 0.5) is 0 Å². The molecule has 0 spiro atoms. The maximum Gasteiger partial charge on any atom is 0.311 e. The Bertz CT molecular complexity index is 616. The molecule has 124 valence electrons. The van der Waals surface area contributed by atoms with Gasteiger partial charge in [0.05, 0.1) is 17.4 Å². The fourth-order valence-corrected chi connectivity index (χ4v) is 3.09. The molecule has 0 aliphatic carbocycles. The van der Waals surface area contributed by atoms with Gasteiger partial charge in [-0.2, -0.15) is 8.42 Å². The van der Waals surface area contributed by atoms with E-state index in [0.29, 0.717) is 6.42 Å². The maximum absolute atomic E-state index is 11.8. The van der Waals surface area contributed by atoms with Gasteiger partial charge in [-0.3, -0.25) is 9.35 Å². The molecule has 1 aromatic carbocycles. The second kappa shape index (κ2) is 6.79. The van der Waals surface area contributed by atoms with Gasteiger partial charge in [-0.15, -0.1) is 0 Å². The van der Waals surface area contributed by atoms with Crippen molar-refractivity contribution in [3.8, 4) is 0 Å². The normalized spacial score (nSPS) is 15.2. The van der Waals surface area contributed by atoms with Crippen LogP contribution in [0.3, 0.4) is 0 Å². The predicted molar refractivity (Wildman–Crippen MR) is 84.2 cm³/mol. The molecule has 0 amide bonds. The van der Waals surface area contributed by atoms with Crippen LogP contribution in [-0.4, -0.2) is 26.0 Å². The van der Waals surface area contributed by atoms with Crippen molar-refractivity contribution in [1.29, 1.82) is 0 Å².